The summed E-state index contributed by atoms with van der Waals surface area (Å²) in [5.74, 6) is -1.10. The molecule has 1 heterocycles. The van der Waals surface area contributed by atoms with Gasteiger partial charge in [-0.2, -0.15) is 0 Å². The molecule has 1 aromatic rings. The normalized spacial score (nSPS) is 15.3. The Balaban J connectivity index is 1.90. The number of hydrogen-bond donors (Lipinski definition) is 4. The van der Waals surface area contributed by atoms with Crippen LogP contribution in [0.15, 0.2) is 23.2 Å². The van der Waals surface area contributed by atoms with Gasteiger partial charge in [-0.05, 0) is 29.7 Å². The van der Waals surface area contributed by atoms with E-state index in [1.54, 1.807) is 4.90 Å². The van der Waals surface area contributed by atoms with Gasteiger partial charge >= 0.3 is 5.97 Å². The zero-order valence-electron chi connectivity index (χ0n) is 20.7. The SMILES string of the molecule is NCCOCCOCCOCCN1Cc2cc(OCCCN=C(N)N)ccc2C[C@@H](CC(=O)O)C1=O. The summed E-state index contributed by atoms with van der Waals surface area (Å²) in [7, 11) is 0. The lowest BCUT2D eigenvalue weighted by Crippen LogP contribution is -2.37. The van der Waals surface area contributed by atoms with Crippen molar-refractivity contribution in [2.24, 2.45) is 28.1 Å². The first-order valence-electron chi connectivity index (χ1n) is 12.1. The molecular weight excluding hydrogens is 470 g/mol. The highest BCUT2D eigenvalue weighted by molar-refractivity contribution is 5.84. The summed E-state index contributed by atoms with van der Waals surface area (Å²) in [5.41, 5.74) is 17.9. The smallest absolute Gasteiger partial charge is 0.304 e. The van der Waals surface area contributed by atoms with Crippen molar-refractivity contribution in [3.63, 3.8) is 0 Å². The Morgan fingerprint density at radius 1 is 1.03 bits per heavy atom. The fourth-order valence-corrected chi connectivity index (χ4v) is 3.76. The Morgan fingerprint density at radius 3 is 2.39 bits per heavy atom. The molecule has 12 nitrogen and oxygen atoms in total. The van der Waals surface area contributed by atoms with Crippen LogP contribution >= 0.6 is 0 Å². The van der Waals surface area contributed by atoms with E-state index in [4.69, 9.17) is 36.1 Å². The molecular formula is C24H39N5O7. The maximum Gasteiger partial charge on any atom is 0.304 e. The Labute approximate surface area is 211 Å². The minimum atomic E-state index is -0.999. The molecule has 0 aromatic heterocycles. The second-order valence-electron chi connectivity index (χ2n) is 8.32. The van der Waals surface area contributed by atoms with E-state index in [1.807, 2.05) is 18.2 Å². The molecule has 0 bridgehead atoms. The van der Waals surface area contributed by atoms with E-state index in [0.29, 0.717) is 91.0 Å². The van der Waals surface area contributed by atoms with Crippen molar-refractivity contribution < 1.29 is 33.6 Å². The van der Waals surface area contributed by atoms with E-state index in [-0.39, 0.29) is 18.3 Å². The van der Waals surface area contributed by atoms with Gasteiger partial charge in [0, 0.05) is 32.6 Å². The van der Waals surface area contributed by atoms with Gasteiger partial charge in [-0.1, -0.05) is 6.07 Å². The first kappa shape index (κ1) is 29.3. The molecule has 1 amide bonds. The van der Waals surface area contributed by atoms with E-state index >= 15 is 0 Å². The molecule has 7 N–H and O–H groups in total. The van der Waals surface area contributed by atoms with Gasteiger partial charge in [0.15, 0.2) is 5.96 Å². The number of benzene rings is 1. The van der Waals surface area contributed by atoms with Crippen LogP contribution in [0.25, 0.3) is 0 Å². The van der Waals surface area contributed by atoms with Gasteiger partial charge in [-0.25, -0.2) is 0 Å². The average Bonchev–Trinajstić information content (AvgIpc) is 2.96. The summed E-state index contributed by atoms with van der Waals surface area (Å²) >= 11 is 0. The van der Waals surface area contributed by atoms with Crippen molar-refractivity contribution >= 4 is 17.8 Å². The van der Waals surface area contributed by atoms with Crippen LogP contribution in [0, 0.1) is 5.92 Å². The summed E-state index contributed by atoms with van der Waals surface area (Å²) < 4.78 is 22.1. The van der Waals surface area contributed by atoms with Crippen LogP contribution in [-0.2, 0) is 36.8 Å². The number of hydrogen-bond acceptors (Lipinski definition) is 8. The van der Waals surface area contributed by atoms with Crippen LogP contribution in [-0.4, -0.2) is 93.7 Å². The van der Waals surface area contributed by atoms with Crippen molar-refractivity contribution in [1.29, 1.82) is 0 Å². The molecule has 0 spiro atoms. The highest BCUT2D eigenvalue weighted by Gasteiger charge is 2.31. The number of ether oxygens (including phenoxy) is 4. The number of carboxylic acid groups (broad SMARTS) is 1. The van der Waals surface area contributed by atoms with Crippen LogP contribution in [0.5, 0.6) is 5.75 Å². The van der Waals surface area contributed by atoms with Crippen molar-refractivity contribution in [2.75, 3.05) is 65.9 Å². The monoisotopic (exact) mass is 509 g/mol. The molecule has 12 heteroatoms. The molecule has 202 valence electrons. The summed E-state index contributed by atoms with van der Waals surface area (Å²) in [6.45, 7) is 4.63. The third-order valence-corrected chi connectivity index (χ3v) is 5.46. The van der Waals surface area contributed by atoms with Crippen LogP contribution in [0.4, 0.5) is 0 Å². The molecule has 0 aliphatic carbocycles. The van der Waals surface area contributed by atoms with E-state index in [1.165, 1.54) is 0 Å². The standard InChI is InChI=1S/C24H39N5O7/c25-4-8-33-10-12-35-13-11-34-9-6-29-17-20-15-21(36-7-1-5-28-24(26)27)3-2-18(20)14-19(23(29)32)16-22(30)31/h2-3,15,19H,1,4-14,16-17,25H2,(H,30,31)(H4,26,27,28)/t19-/m0/s1. The Bertz CT molecular complexity index is 848. The van der Waals surface area contributed by atoms with E-state index in [9.17, 15) is 14.7 Å². The first-order valence-corrected chi connectivity index (χ1v) is 12.1. The van der Waals surface area contributed by atoms with Gasteiger partial charge in [-0.15, -0.1) is 0 Å². The molecule has 1 atom stereocenters. The van der Waals surface area contributed by atoms with E-state index in [2.05, 4.69) is 4.99 Å². The second-order valence-corrected chi connectivity index (χ2v) is 8.32. The van der Waals surface area contributed by atoms with Gasteiger partial charge in [0.1, 0.15) is 5.75 Å². The number of nitrogens with two attached hydrogens (primary N) is 3. The quantitative estimate of drug-likeness (QED) is 0.116. The summed E-state index contributed by atoms with van der Waals surface area (Å²) in [4.78, 5) is 30.1. The molecule has 0 fully saturated rings. The molecule has 0 radical (unpaired) electrons. The Morgan fingerprint density at radius 2 is 1.72 bits per heavy atom. The van der Waals surface area contributed by atoms with Gasteiger partial charge in [-0.3, -0.25) is 14.6 Å². The third-order valence-electron chi connectivity index (χ3n) is 5.46. The van der Waals surface area contributed by atoms with Gasteiger partial charge in [0.25, 0.3) is 0 Å². The highest BCUT2D eigenvalue weighted by Crippen LogP contribution is 2.28. The van der Waals surface area contributed by atoms with E-state index in [0.717, 1.165) is 11.1 Å². The number of carbonyl (C=O) groups excluding carboxylic acids is 1. The summed E-state index contributed by atoms with van der Waals surface area (Å²) in [5, 5.41) is 9.32. The molecule has 2 rings (SSSR count). The van der Waals surface area contributed by atoms with Gasteiger partial charge in [0.05, 0.1) is 58.6 Å². The minimum absolute atomic E-state index is 0.0464. The van der Waals surface area contributed by atoms with Crippen LogP contribution in [0.3, 0.4) is 0 Å². The molecule has 36 heavy (non-hydrogen) atoms. The van der Waals surface area contributed by atoms with Crippen LogP contribution in [0.2, 0.25) is 0 Å². The van der Waals surface area contributed by atoms with Gasteiger partial charge in [0.2, 0.25) is 5.91 Å². The number of nitrogens with zero attached hydrogens (tertiary/aromatic N) is 2. The minimum Gasteiger partial charge on any atom is -0.494 e. The number of guanidine groups is 1. The number of carboxylic acids is 1. The number of rotatable bonds is 18. The lowest BCUT2D eigenvalue weighted by molar-refractivity contribution is -0.145. The van der Waals surface area contributed by atoms with Crippen molar-refractivity contribution in [1.82, 2.24) is 4.90 Å². The first-order chi connectivity index (χ1) is 17.4. The lowest BCUT2D eigenvalue weighted by atomic mass is 9.94. The number of carbonyl (C=O) groups is 2. The molecule has 1 aliphatic heterocycles. The zero-order chi connectivity index (χ0) is 26.2. The summed E-state index contributed by atoms with van der Waals surface area (Å²) in [6.07, 6.45) is 0.795. The van der Waals surface area contributed by atoms with Crippen molar-refractivity contribution in [3.8, 4) is 5.75 Å². The van der Waals surface area contributed by atoms with Crippen molar-refractivity contribution in [2.45, 2.75) is 25.8 Å². The predicted molar refractivity (Wildman–Crippen MR) is 134 cm³/mol. The molecule has 0 unspecified atom stereocenters. The zero-order valence-corrected chi connectivity index (χ0v) is 20.7. The molecule has 0 saturated carbocycles. The number of amides is 1. The fraction of sp³-hybridized carbons (Fsp3) is 0.625. The Kier molecular flexibility index (Phi) is 13.6. The number of fused-ring (bicyclic) bond motifs is 1. The molecule has 1 aliphatic rings. The molecule has 0 saturated heterocycles. The maximum atomic E-state index is 13.1. The highest BCUT2D eigenvalue weighted by atomic mass is 16.5. The topological polar surface area (TPSA) is 185 Å². The number of aliphatic imine (C=N–C) groups is 1. The van der Waals surface area contributed by atoms with E-state index < -0.39 is 11.9 Å². The predicted octanol–water partition coefficient (Wildman–Crippen LogP) is -0.287. The van der Waals surface area contributed by atoms with Crippen molar-refractivity contribution in [3.05, 3.63) is 29.3 Å². The maximum absolute atomic E-state index is 13.1. The largest absolute Gasteiger partial charge is 0.494 e. The fourth-order valence-electron chi connectivity index (χ4n) is 3.76. The summed E-state index contributed by atoms with van der Waals surface area (Å²) in [6, 6.07) is 5.64. The third kappa shape index (κ3) is 11.2. The lowest BCUT2D eigenvalue weighted by Gasteiger charge is -2.24. The molecule has 1 aromatic carbocycles. The van der Waals surface area contributed by atoms with Crippen LogP contribution < -0.4 is 21.9 Å². The Hall–Kier alpha value is -2.93. The van der Waals surface area contributed by atoms with Crippen LogP contribution in [0.1, 0.15) is 24.0 Å². The number of aliphatic carboxylic acids is 1. The second kappa shape index (κ2) is 16.7. The average molecular weight is 510 g/mol. The van der Waals surface area contributed by atoms with Gasteiger partial charge < -0.3 is 46.2 Å².